The standard InChI is InChI=1S/C15H14ClNO2S/c1-2-18-11-4-3-5-12(9-11)19-14-7-6-10(15(17)20)8-13(14)16/h3-9H,2H2,1H3,(H2,17,20). The molecule has 2 N–H and O–H groups in total. The first-order valence-electron chi connectivity index (χ1n) is 6.10. The van der Waals surface area contributed by atoms with Crippen molar-refractivity contribution in [3.8, 4) is 17.2 Å². The van der Waals surface area contributed by atoms with Crippen LogP contribution in [0.1, 0.15) is 12.5 Å². The molecule has 20 heavy (non-hydrogen) atoms. The Kier molecular flexibility index (Phi) is 4.82. The van der Waals surface area contributed by atoms with E-state index in [1.54, 1.807) is 24.3 Å². The number of hydrogen-bond acceptors (Lipinski definition) is 3. The van der Waals surface area contributed by atoms with Crippen LogP contribution in [0, 0.1) is 0 Å². The van der Waals surface area contributed by atoms with Gasteiger partial charge in [-0.15, -0.1) is 0 Å². The first-order valence-corrected chi connectivity index (χ1v) is 6.89. The van der Waals surface area contributed by atoms with Crippen LogP contribution in [-0.4, -0.2) is 11.6 Å². The van der Waals surface area contributed by atoms with Gasteiger partial charge in [-0.1, -0.05) is 29.9 Å². The highest BCUT2D eigenvalue weighted by Crippen LogP contribution is 2.31. The van der Waals surface area contributed by atoms with Gasteiger partial charge in [0.05, 0.1) is 11.6 Å². The molecule has 0 aliphatic carbocycles. The molecule has 0 aromatic heterocycles. The summed E-state index contributed by atoms with van der Waals surface area (Å²) in [5.74, 6) is 1.95. The van der Waals surface area contributed by atoms with E-state index in [-0.39, 0.29) is 0 Å². The Hall–Kier alpha value is -1.78. The van der Waals surface area contributed by atoms with Crippen molar-refractivity contribution < 1.29 is 9.47 Å². The van der Waals surface area contributed by atoms with Crippen LogP contribution in [0.5, 0.6) is 17.2 Å². The number of nitrogens with two attached hydrogens (primary N) is 1. The first kappa shape index (κ1) is 14.6. The summed E-state index contributed by atoms with van der Waals surface area (Å²) in [6.45, 7) is 2.53. The van der Waals surface area contributed by atoms with Gasteiger partial charge in [0.25, 0.3) is 0 Å². The van der Waals surface area contributed by atoms with Crippen molar-refractivity contribution in [2.75, 3.05) is 6.61 Å². The lowest BCUT2D eigenvalue weighted by Crippen LogP contribution is -2.08. The van der Waals surface area contributed by atoms with Crippen LogP contribution < -0.4 is 15.2 Å². The molecule has 0 heterocycles. The summed E-state index contributed by atoms with van der Waals surface area (Å²) in [5.41, 5.74) is 6.26. The molecule has 0 saturated heterocycles. The van der Waals surface area contributed by atoms with Crippen molar-refractivity contribution >= 4 is 28.8 Å². The minimum absolute atomic E-state index is 0.303. The van der Waals surface area contributed by atoms with Crippen LogP contribution in [-0.2, 0) is 0 Å². The van der Waals surface area contributed by atoms with Gasteiger partial charge in [0.2, 0.25) is 0 Å². The molecule has 0 spiro atoms. The van der Waals surface area contributed by atoms with Crippen molar-refractivity contribution in [1.29, 1.82) is 0 Å². The van der Waals surface area contributed by atoms with Crippen LogP contribution in [0.4, 0.5) is 0 Å². The Morgan fingerprint density at radius 3 is 2.60 bits per heavy atom. The lowest BCUT2D eigenvalue weighted by molar-refractivity contribution is 0.338. The third-order valence-corrected chi connectivity index (χ3v) is 3.09. The zero-order valence-electron chi connectivity index (χ0n) is 10.9. The van der Waals surface area contributed by atoms with Gasteiger partial charge in [-0.25, -0.2) is 0 Å². The molecule has 104 valence electrons. The van der Waals surface area contributed by atoms with Crippen LogP contribution >= 0.6 is 23.8 Å². The van der Waals surface area contributed by atoms with Gasteiger partial charge in [-0.3, -0.25) is 0 Å². The molecule has 0 atom stereocenters. The predicted octanol–water partition coefficient (Wildman–Crippen LogP) is 4.17. The Labute approximate surface area is 128 Å². The second kappa shape index (κ2) is 6.59. The Morgan fingerprint density at radius 2 is 1.95 bits per heavy atom. The van der Waals surface area contributed by atoms with Gasteiger partial charge < -0.3 is 15.2 Å². The summed E-state index contributed by atoms with van der Waals surface area (Å²) in [6, 6.07) is 12.6. The van der Waals surface area contributed by atoms with Crippen molar-refractivity contribution in [2.24, 2.45) is 5.73 Å². The van der Waals surface area contributed by atoms with E-state index in [1.165, 1.54) is 0 Å². The molecule has 0 amide bonds. The van der Waals surface area contributed by atoms with Crippen molar-refractivity contribution in [2.45, 2.75) is 6.92 Å². The molecule has 0 aliphatic rings. The van der Waals surface area contributed by atoms with Crippen LogP contribution in [0.2, 0.25) is 5.02 Å². The second-order valence-electron chi connectivity index (χ2n) is 4.02. The average Bonchev–Trinajstić information content (AvgIpc) is 2.42. The number of halogens is 1. The van der Waals surface area contributed by atoms with Gasteiger partial charge in [-0.2, -0.15) is 0 Å². The fourth-order valence-corrected chi connectivity index (χ4v) is 2.00. The predicted molar refractivity (Wildman–Crippen MR) is 85.0 cm³/mol. The minimum Gasteiger partial charge on any atom is -0.494 e. The second-order valence-corrected chi connectivity index (χ2v) is 4.87. The van der Waals surface area contributed by atoms with E-state index < -0.39 is 0 Å². The molecular formula is C15H14ClNO2S. The number of hydrogen-bond donors (Lipinski definition) is 1. The maximum Gasteiger partial charge on any atom is 0.146 e. The quantitative estimate of drug-likeness (QED) is 0.842. The van der Waals surface area contributed by atoms with Crippen LogP contribution in [0.3, 0.4) is 0 Å². The molecule has 2 rings (SSSR count). The third-order valence-electron chi connectivity index (χ3n) is 2.56. The van der Waals surface area contributed by atoms with Crippen molar-refractivity contribution in [3.05, 3.63) is 53.1 Å². The number of rotatable bonds is 5. The highest BCUT2D eigenvalue weighted by molar-refractivity contribution is 7.80. The molecule has 0 bridgehead atoms. The van der Waals surface area contributed by atoms with E-state index in [1.807, 2.05) is 25.1 Å². The van der Waals surface area contributed by atoms with Crippen LogP contribution in [0.15, 0.2) is 42.5 Å². The maximum absolute atomic E-state index is 6.15. The van der Waals surface area contributed by atoms with E-state index in [9.17, 15) is 0 Å². The topological polar surface area (TPSA) is 44.5 Å². The Morgan fingerprint density at radius 1 is 1.20 bits per heavy atom. The average molecular weight is 308 g/mol. The summed E-state index contributed by atoms with van der Waals surface area (Å²) in [7, 11) is 0. The number of ether oxygens (including phenoxy) is 2. The molecule has 3 nitrogen and oxygen atoms in total. The third kappa shape index (κ3) is 3.62. The van der Waals surface area contributed by atoms with E-state index >= 15 is 0 Å². The Balaban J connectivity index is 2.21. The fraction of sp³-hybridized carbons (Fsp3) is 0.133. The lowest BCUT2D eigenvalue weighted by atomic mass is 10.2. The van der Waals surface area contributed by atoms with Gasteiger partial charge in [0, 0.05) is 11.6 Å². The highest BCUT2D eigenvalue weighted by atomic mass is 35.5. The van der Waals surface area contributed by atoms with Gasteiger partial charge in [-0.05, 0) is 37.3 Å². The molecule has 0 saturated carbocycles. The van der Waals surface area contributed by atoms with E-state index in [0.29, 0.717) is 33.7 Å². The molecule has 0 aliphatic heterocycles. The lowest BCUT2D eigenvalue weighted by Gasteiger charge is -2.10. The van der Waals surface area contributed by atoms with E-state index in [0.717, 1.165) is 5.75 Å². The van der Waals surface area contributed by atoms with Crippen molar-refractivity contribution in [1.82, 2.24) is 0 Å². The summed E-state index contributed by atoms with van der Waals surface area (Å²) in [5, 5.41) is 0.456. The fourth-order valence-electron chi connectivity index (χ4n) is 1.66. The normalized spacial score (nSPS) is 10.1. The van der Waals surface area contributed by atoms with Crippen LogP contribution in [0.25, 0.3) is 0 Å². The summed E-state index contributed by atoms with van der Waals surface area (Å²) in [6.07, 6.45) is 0. The molecular weight excluding hydrogens is 294 g/mol. The van der Waals surface area contributed by atoms with Gasteiger partial charge >= 0.3 is 0 Å². The molecule has 2 aromatic carbocycles. The smallest absolute Gasteiger partial charge is 0.146 e. The van der Waals surface area contributed by atoms with E-state index in [4.69, 9.17) is 39.0 Å². The van der Waals surface area contributed by atoms with Gasteiger partial charge in [0.1, 0.15) is 22.2 Å². The van der Waals surface area contributed by atoms with Gasteiger partial charge in [0.15, 0.2) is 0 Å². The minimum atomic E-state index is 0.303. The highest BCUT2D eigenvalue weighted by Gasteiger charge is 2.06. The molecule has 5 heteroatoms. The maximum atomic E-state index is 6.15. The first-order chi connectivity index (χ1) is 9.60. The zero-order valence-corrected chi connectivity index (χ0v) is 12.5. The largest absolute Gasteiger partial charge is 0.494 e. The summed E-state index contributed by atoms with van der Waals surface area (Å²) in [4.78, 5) is 0.303. The summed E-state index contributed by atoms with van der Waals surface area (Å²) < 4.78 is 11.2. The molecule has 0 fully saturated rings. The number of benzene rings is 2. The van der Waals surface area contributed by atoms with Crippen molar-refractivity contribution in [3.63, 3.8) is 0 Å². The molecule has 0 radical (unpaired) electrons. The SMILES string of the molecule is CCOc1cccc(Oc2ccc(C(N)=S)cc2Cl)c1. The molecule has 2 aromatic rings. The zero-order chi connectivity index (χ0) is 14.5. The summed E-state index contributed by atoms with van der Waals surface area (Å²) >= 11 is 11.1. The number of thiocarbonyl (C=S) groups is 1. The molecule has 0 unspecified atom stereocenters. The van der Waals surface area contributed by atoms with E-state index in [2.05, 4.69) is 0 Å². The monoisotopic (exact) mass is 307 g/mol. The Bertz CT molecular complexity index is 631.